The number of hydrogen-bond donors (Lipinski definition) is 2. The van der Waals surface area contributed by atoms with E-state index in [1.807, 2.05) is 0 Å². The molecule has 2 N–H and O–H groups in total. The molecule has 20 heavy (non-hydrogen) atoms. The predicted octanol–water partition coefficient (Wildman–Crippen LogP) is 2.54. The Morgan fingerprint density at radius 3 is 2.70 bits per heavy atom. The molecular weight excluding hydrogens is 302 g/mol. The van der Waals surface area contributed by atoms with Crippen molar-refractivity contribution in [2.24, 2.45) is 5.41 Å². The fraction of sp³-hybridized carbons (Fsp3) is 0.333. The average molecular weight is 312 g/mol. The molecule has 1 aliphatic carbocycles. The minimum Gasteiger partial charge on any atom is -0.480 e. The van der Waals surface area contributed by atoms with Crippen molar-refractivity contribution in [2.75, 3.05) is 5.32 Å². The van der Waals surface area contributed by atoms with E-state index >= 15 is 0 Å². The lowest BCUT2D eigenvalue weighted by molar-refractivity contribution is -0.159. The molecule has 0 bridgehead atoms. The van der Waals surface area contributed by atoms with Gasteiger partial charge in [-0.3, -0.25) is 9.59 Å². The Morgan fingerprint density at radius 1 is 1.35 bits per heavy atom. The van der Waals surface area contributed by atoms with Gasteiger partial charge in [0, 0.05) is 0 Å². The first-order chi connectivity index (χ1) is 9.54. The van der Waals surface area contributed by atoms with Crippen molar-refractivity contribution in [3.63, 3.8) is 0 Å². The summed E-state index contributed by atoms with van der Waals surface area (Å²) in [4.78, 5) is 23.6. The Balaban J connectivity index is 1.97. The van der Waals surface area contributed by atoms with Crippen molar-refractivity contribution in [1.82, 2.24) is 8.75 Å². The van der Waals surface area contributed by atoms with Gasteiger partial charge in [-0.05, 0) is 25.0 Å². The molecule has 1 aromatic heterocycles. The summed E-state index contributed by atoms with van der Waals surface area (Å²) >= 11 is 7.08. The van der Waals surface area contributed by atoms with Gasteiger partial charge in [0.15, 0.2) is 0 Å². The highest BCUT2D eigenvalue weighted by molar-refractivity contribution is 7.00. The first kappa shape index (κ1) is 13.3. The van der Waals surface area contributed by atoms with E-state index in [9.17, 15) is 14.7 Å². The molecule has 0 atom stereocenters. The van der Waals surface area contributed by atoms with Crippen LogP contribution < -0.4 is 5.32 Å². The van der Waals surface area contributed by atoms with E-state index in [4.69, 9.17) is 11.6 Å². The lowest BCUT2D eigenvalue weighted by atomic mass is 9.68. The summed E-state index contributed by atoms with van der Waals surface area (Å²) in [6, 6.07) is 3.31. The quantitative estimate of drug-likeness (QED) is 0.850. The van der Waals surface area contributed by atoms with E-state index in [0.717, 1.165) is 18.1 Å². The number of rotatable bonds is 3. The molecule has 0 unspecified atom stereocenters. The van der Waals surface area contributed by atoms with E-state index in [0.29, 0.717) is 34.6 Å². The molecule has 1 heterocycles. The van der Waals surface area contributed by atoms with E-state index < -0.39 is 17.3 Å². The molecule has 2 aromatic rings. The third-order valence-electron chi connectivity index (χ3n) is 3.67. The number of carboxylic acids is 1. The van der Waals surface area contributed by atoms with Gasteiger partial charge in [0.2, 0.25) is 5.91 Å². The monoisotopic (exact) mass is 311 g/mol. The summed E-state index contributed by atoms with van der Waals surface area (Å²) in [6.45, 7) is 0. The van der Waals surface area contributed by atoms with Gasteiger partial charge in [-0.1, -0.05) is 18.0 Å². The van der Waals surface area contributed by atoms with Crippen LogP contribution in [0.2, 0.25) is 5.02 Å². The second-order valence-corrected chi connectivity index (χ2v) is 5.68. The van der Waals surface area contributed by atoms with Crippen LogP contribution in [0.25, 0.3) is 11.0 Å². The molecule has 1 saturated carbocycles. The molecule has 0 radical (unpaired) electrons. The number of carbonyl (C=O) groups is 2. The molecule has 1 aromatic carbocycles. The highest BCUT2D eigenvalue weighted by Crippen LogP contribution is 2.43. The van der Waals surface area contributed by atoms with Gasteiger partial charge in [-0.2, -0.15) is 8.75 Å². The van der Waals surface area contributed by atoms with Crippen molar-refractivity contribution in [3.05, 3.63) is 17.2 Å². The topological polar surface area (TPSA) is 92.2 Å². The van der Waals surface area contributed by atoms with Crippen molar-refractivity contribution < 1.29 is 14.7 Å². The number of aromatic nitrogens is 2. The summed E-state index contributed by atoms with van der Waals surface area (Å²) in [5, 5.41) is 12.2. The maximum atomic E-state index is 12.3. The molecule has 0 spiro atoms. The third-order valence-corrected chi connectivity index (χ3v) is 4.52. The number of benzene rings is 1. The van der Waals surface area contributed by atoms with Crippen LogP contribution in [0, 0.1) is 5.41 Å². The van der Waals surface area contributed by atoms with Gasteiger partial charge in [-0.25, -0.2) is 0 Å². The zero-order valence-corrected chi connectivity index (χ0v) is 11.8. The Morgan fingerprint density at radius 2 is 2.10 bits per heavy atom. The molecule has 0 saturated heterocycles. The fourth-order valence-corrected chi connectivity index (χ4v) is 2.99. The van der Waals surface area contributed by atoms with E-state index in [2.05, 4.69) is 14.1 Å². The van der Waals surface area contributed by atoms with Crippen LogP contribution in [0.4, 0.5) is 5.69 Å². The molecule has 1 fully saturated rings. The number of halogens is 1. The predicted molar refractivity (Wildman–Crippen MR) is 75.0 cm³/mol. The van der Waals surface area contributed by atoms with Crippen molar-refractivity contribution in [3.8, 4) is 0 Å². The molecule has 1 amide bonds. The number of nitrogens with zero attached hydrogens (tertiary/aromatic N) is 2. The second-order valence-electron chi connectivity index (χ2n) is 4.75. The van der Waals surface area contributed by atoms with E-state index in [1.165, 1.54) is 0 Å². The van der Waals surface area contributed by atoms with Crippen LogP contribution in [0.15, 0.2) is 12.1 Å². The smallest absolute Gasteiger partial charge is 0.319 e. The Bertz CT molecular complexity index is 711. The van der Waals surface area contributed by atoms with Crippen LogP contribution in [0.3, 0.4) is 0 Å². The minimum atomic E-state index is -1.34. The van der Waals surface area contributed by atoms with Crippen molar-refractivity contribution in [2.45, 2.75) is 19.3 Å². The number of amides is 1. The van der Waals surface area contributed by atoms with Gasteiger partial charge in [0.25, 0.3) is 0 Å². The van der Waals surface area contributed by atoms with Crippen LogP contribution in [0.5, 0.6) is 0 Å². The Hall–Kier alpha value is -1.73. The van der Waals surface area contributed by atoms with Crippen LogP contribution >= 0.6 is 23.3 Å². The highest BCUT2D eigenvalue weighted by atomic mass is 35.5. The minimum absolute atomic E-state index is 0.318. The lowest BCUT2D eigenvalue weighted by Gasteiger charge is -2.35. The maximum Gasteiger partial charge on any atom is 0.319 e. The number of fused-ring (bicyclic) bond motifs is 1. The molecule has 3 rings (SSSR count). The summed E-state index contributed by atoms with van der Waals surface area (Å²) in [5.41, 5.74) is 0.0911. The third kappa shape index (κ3) is 1.85. The molecular formula is C12H10ClN3O3S. The van der Waals surface area contributed by atoms with Crippen molar-refractivity contribution >= 4 is 51.9 Å². The normalized spacial score (nSPS) is 16.6. The first-order valence-corrected chi connectivity index (χ1v) is 7.11. The summed E-state index contributed by atoms with van der Waals surface area (Å²) < 4.78 is 8.15. The lowest BCUT2D eigenvalue weighted by Crippen LogP contribution is -2.48. The fourth-order valence-electron chi connectivity index (χ4n) is 2.25. The molecule has 6 nitrogen and oxygen atoms in total. The molecule has 1 aliphatic rings. The Labute approximate surface area is 123 Å². The molecule has 0 aliphatic heterocycles. The van der Waals surface area contributed by atoms with E-state index in [1.54, 1.807) is 12.1 Å². The first-order valence-electron chi connectivity index (χ1n) is 6.00. The van der Waals surface area contributed by atoms with Gasteiger partial charge < -0.3 is 10.4 Å². The maximum absolute atomic E-state index is 12.3. The number of nitrogens with one attached hydrogen (secondary N) is 1. The summed E-state index contributed by atoms with van der Waals surface area (Å²) in [5.74, 6) is -1.64. The molecule has 8 heteroatoms. The SMILES string of the molecule is O=C(O)C1(C(=O)Nc2c(Cl)ccc3nsnc23)CCC1. The number of hydrogen-bond acceptors (Lipinski definition) is 5. The number of carboxylic acid groups (broad SMARTS) is 1. The van der Waals surface area contributed by atoms with Gasteiger partial charge in [-0.15, -0.1) is 0 Å². The number of carbonyl (C=O) groups excluding carboxylic acids is 1. The van der Waals surface area contributed by atoms with Crippen LogP contribution in [-0.4, -0.2) is 25.7 Å². The largest absolute Gasteiger partial charge is 0.480 e. The van der Waals surface area contributed by atoms with Crippen LogP contribution in [0.1, 0.15) is 19.3 Å². The van der Waals surface area contributed by atoms with Crippen LogP contribution in [-0.2, 0) is 9.59 Å². The summed E-state index contributed by atoms with van der Waals surface area (Å²) in [7, 11) is 0. The van der Waals surface area contributed by atoms with Gasteiger partial charge >= 0.3 is 5.97 Å². The second kappa shape index (κ2) is 4.68. The van der Waals surface area contributed by atoms with Crippen molar-refractivity contribution in [1.29, 1.82) is 0 Å². The van der Waals surface area contributed by atoms with Gasteiger partial charge in [0.05, 0.1) is 22.4 Å². The Kier molecular flexibility index (Phi) is 3.10. The highest BCUT2D eigenvalue weighted by Gasteiger charge is 2.51. The standard InChI is InChI=1S/C12H10ClN3O3S/c13-6-2-3-7-9(16-20-15-7)8(6)14-10(17)12(11(18)19)4-1-5-12/h2-3H,1,4-5H2,(H,14,17)(H,18,19). The zero-order valence-electron chi connectivity index (χ0n) is 10.2. The molecule has 104 valence electrons. The van der Waals surface area contributed by atoms with E-state index in [-0.39, 0.29) is 0 Å². The number of aliphatic carboxylic acids is 1. The zero-order chi connectivity index (χ0) is 14.3. The average Bonchev–Trinajstić information content (AvgIpc) is 2.79. The summed E-state index contributed by atoms with van der Waals surface area (Å²) in [6.07, 6.45) is 1.42. The number of anilines is 1. The van der Waals surface area contributed by atoms with Gasteiger partial charge in [0.1, 0.15) is 16.4 Å².